The number of benzene rings is 2. The van der Waals surface area contributed by atoms with Gasteiger partial charge in [-0.25, -0.2) is 13.1 Å². The van der Waals surface area contributed by atoms with Gasteiger partial charge < -0.3 is 9.84 Å². The first-order chi connectivity index (χ1) is 10.9. The Morgan fingerprint density at radius 2 is 1.78 bits per heavy atom. The average Bonchev–Trinajstić information content (AvgIpc) is 2.53. The van der Waals surface area contributed by atoms with Crippen LogP contribution in [0.25, 0.3) is 0 Å². The van der Waals surface area contributed by atoms with Crippen LogP contribution in [0.3, 0.4) is 0 Å². The second-order valence-corrected chi connectivity index (χ2v) is 6.62. The zero-order valence-electron chi connectivity index (χ0n) is 12.5. The van der Waals surface area contributed by atoms with Gasteiger partial charge in [-0.3, -0.25) is 4.79 Å². The van der Waals surface area contributed by atoms with Gasteiger partial charge in [0.1, 0.15) is 5.75 Å². The molecule has 0 fully saturated rings. The maximum absolute atomic E-state index is 12.3. The molecule has 0 aliphatic rings. The molecule has 0 bridgehead atoms. The molecule has 0 aliphatic heterocycles. The molecular formula is C16H17NO5S. The van der Waals surface area contributed by atoms with Crippen molar-refractivity contribution < 1.29 is 23.1 Å². The number of para-hydroxylation sites is 1. The number of ether oxygens (including phenoxy) is 1. The number of carboxylic acid groups (broad SMARTS) is 1. The fourth-order valence-electron chi connectivity index (χ4n) is 2.07. The van der Waals surface area contributed by atoms with E-state index in [0.717, 1.165) is 5.56 Å². The first-order valence-electron chi connectivity index (χ1n) is 6.84. The van der Waals surface area contributed by atoms with Crippen molar-refractivity contribution in [2.75, 3.05) is 7.11 Å². The van der Waals surface area contributed by atoms with E-state index in [1.54, 1.807) is 24.3 Å². The molecule has 2 rings (SSSR count). The van der Waals surface area contributed by atoms with Crippen LogP contribution >= 0.6 is 0 Å². The predicted octanol–water partition coefficient (Wildman–Crippen LogP) is 1.80. The number of carbonyl (C=O) groups is 1. The molecule has 0 amide bonds. The van der Waals surface area contributed by atoms with E-state index in [2.05, 4.69) is 4.72 Å². The second-order valence-electron chi connectivity index (χ2n) is 4.85. The molecule has 0 saturated carbocycles. The van der Waals surface area contributed by atoms with Crippen molar-refractivity contribution in [3.8, 4) is 5.75 Å². The van der Waals surface area contributed by atoms with E-state index in [0.29, 0.717) is 11.3 Å². The number of hydrogen-bond acceptors (Lipinski definition) is 4. The zero-order valence-corrected chi connectivity index (χ0v) is 13.3. The summed E-state index contributed by atoms with van der Waals surface area (Å²) in [6.45, 7) is 0.100. The van der Waals surface area contributed by atoms with Crippen molar-refractivity contribution in [1.82, 2.24) is 4.72 Å². The third-order valence-electron chi connectivity index (χ3n) is 3.23. The maximum atomic E-state index is 12.3. The molecule has 0 radical (unpaired) electrons. The summed E-state index contributed by atoms with van der Waals surface area (Å²) in [7, 11) is -2.16. The lowest BCUT2D eigenvalue weighted by Crippen LogP contribution is -2.23. The SMILES string of the molecule is COc1ccccc1CNS(=O)(=O)c1ccc(CC(=O)O)cc1. The Hall–Kier alpha value is -2.38. The van der Waals surface area contributed by atoms with Crippen LogP contribution in [0.5, 0.6) is 5.75 Å². The molecule has 0 heterocycles. The number of nitrogens with one attached hydrogen (secondary N) is 1. The van der Waals surface area contributed by atoms with E-state index in [-0.39, 0.29) is 17.9 Å². The first kappa shape index (κ1) is 17.0. The smallest absolute Gasteiger partial charge is 0.307 e. The maximum Gasteiger partial charge on any atom is 0.307 e. The normalized spacial score (nSPS) is 11.2. The highest BCUT2D eigenvalue weighted by atomic mass is 32.2. The minimum absolute atomic E-state index is 0.0848. The van der Waals surface area contributed by atoms with Crippen LogP contribution in [0.1, 0.15) is 11.1 Å². The summed E-state index contributed by atoms with van der Waals surface area (Å²) in [4.78, 5) is 10.7. The van der Waals surface area contributed by atoms with Crippen molar-refractivity contribution in [2.45, 2.75) is 17.9 Å². The minimum atomic E-state index is -3.68. The Morgan fingerprint density at radius 3 is 2.39 bits per heavy atom. The van der Waals surface area contributed by atoms with E-state index in [1.807, 2.05) is 0 Å². The average molecular weight is 335 g/mol. The molecule has 0 spiro atoms. The fourth-order valence-corrected chi connectivity index (χ4v) is 3.07. The van der Waals surface area contributed by atoms with Gasteiger partial charge in [-0.1, -0.05) is 30.3 Å². The summed E-state index contributed by atoms with van der Waals surface area (Å²) in [5, 5.41) is 8.71. The van der Waals surface area contributed by atoms with Gasteiger partial charge in [0.25, 0.3) is 0 Å². The van der Waals surface area contributed by atoms with Crippen LogP contribution < -0.4 is 9.46 Å². The quantitative estimate of drug-likeness (QED) is 0.805. The number of rotatable bonds is 7. The Balaban J connectivity index is 2.11. The number of hydrogen-bond donors (Lipinski definition) is 2. The highest BCUT2D eigenvalue weighted by molar-refractivity contribution is 7.89. The molecule has 0 atom stereocenters. The van der Waals surface area contributed by atoms with Crippen molar-refractivity contribution >= 4 is 16.0 Å². The van der Waals surface area contributed by atoms with E-state index < -0.39 is 16.0 Å². The number of sulfonamides is 1. The third kappa shape index (κ3) is 4.54. The van der Waals surface area contributed by atoms with Crippen LogP contribution in [-0.2, 0) is 27.8 Å². The van der Waals surface area contributed by atoms with Gasteiger partial charge in [0, 0.05) is 12.1 Å². The van der Waals surface area contributed by atoms with Gasteiger partial charge in [-0.15, -0.1) is 0 Å². The molecule has 122 valence electrons. The highest BCUT2D eigenvalue weighted by Crippen LogP contribution is 2.18. The fraction of sp³-hybridized carbons (Fsp3) is 0.188. The molecular weight excluding hydrogens is 318 g/mol. The van der Waals surface area contributed by atoms with Crippen LogP contribution in [0.2, 0.25) is 0 Å². The Bertz CT molecular complexity index is 784. The van der Waals surface area contributed by atoms with Crippen molar-refractivity contribution in [3.63, 3.8) is 0 Å². The second kappa shape index (κ2) is 7.26. The summed E-state index contributed by atoms with van der Waals surface area (Å²) in [5.41, 5.74) is 1.27. The van der Waals surface area contributed by atoms with E-state index in [1.165, 1.54) is 31.4 Å². The topological polar surface area (TPSA) is 92.7 Å². The van der Waals surface area contributed by atoms with E-state index in [4.69, 9.17) is 9.84 Å². The third-order valence-corrected chi connectivity index (χ3v) is 4.65. The minimum Gasteiger partial charge on any atom is -0.496 e. The lowest BCUT2D eigenvalue weighted by molar-refractivity contribution is -0.136. The lowest BCUT2D eigenvalue weighted by atomic mass is 10.2. The highest BCUT2D eigenvalue weighted by Gasteiger charge is 2.15. The molecule has 2 aromatic carbocycles. The van der Waals surface area contributed by atoms with Gasteiger partial charge in [0.2, 0.25) is 10.0 Å². The summed E-state index contributed by atoms with van der Waals surface area (Å²) < 4.78 is 32.2. The molecule has 7 heteroatoms. The molecule has 0 aliphatic carbocycles. The summed E-state index contributed by atoms with van der Waals surface area (Å²) in [5.74, 6) is -0.359. The van der Waals surface area contributed by atoms with Crippen LogP contribution in [0.4, 0.5) is 0 Å². The van der Waals surface area contributed by atoms with Gasteiger partial charge in [-0.05, 0) is 23.8 Å². The van der Waals surface area contributed by atoms with Crippen molar-refractivity contribution in [1.29, 1.82) is 0 Å². The Labute approximate surface area is 134 Å². The molecule has 2 aromatic rings. The van der Waals surface area contributed by atoms with Gasteiger partial charge in [-0.2, -0.15) is 0 Å². The van der Waals surface area contributed by atoms with E-state index in [9.17, 15) is 13.2 Å². The van der Waals surface area contributed by atoms with Gasteiger partial charge in [0.15, 0.2) is 0 Å². The predicted molar refractivity (Wildman–Crippen MR) is 84.8 cm³/mol. The molecule has 6 nitrogen and oxygen atoms in total. The van der Waals surface area contributed by atoms with Gasteiger partial charge >= 0.3 is 5.97 Å². The largest absolute Gasteiger partial charge is 0.496 e. The summed E-state index contributed by atoms with van der Waals surface area (Å²) >= 11 is 0. The number of methoxy groups -OCH3 is 1. The van der Waals surface area contributed by atoms with Crippen molar-refractivity contribution in [2.24, 2.45) is 0 Å². The number of aliphatic carboxylic acids is 1. The molecule has 2 N–H and O–H groups in total. The standard InChI is InChI=1S/C16H17NO5S/c1-22-15-5-3-2-4-13(15)11-17-23(20,21)14-8-6-12(7-9-14)10-16(18)19/h2-9,17H,10-11H2,1H3,(H,18,19). The molecule has 0 saturated heterocycles. The number of carboxylic acids is 1. The summed E-state index contributed by atoms with van der Waals surface area (Å²) in [6.07, 6.45) is -0.144. The van der Waals surface area contributed by atoms with Crippen LogP contribution in [0.15, 0.2) is 53.4 Å². The Kier molecular flexibility index (Phi) is 5.36. The first-order valence-corrected chi connectivity index (χ1v) is 8.33. The molecule has 0 aromatic heterocycles. The van der Waals surface area contributed by atoms with Crippen LogP contribution in [0, 0.1) is 0 Å². The zero-order chi connectivity index (χ0) is 16.9. The molecule has 23 heavy (non-hydrogen) atoms. The lowest BCUT2D eigenvalue weighted by Gasteiger charge is -2.10. The molecule has 0 unspecified atom stereocenters. The van der Waals surface area contributed by atoms with Crippen LogP contribution in [-0.4, -0.2) is 26.6 Å². The Morgan fingerprint density at radius 1 is 1.13 bits per heavy atom. The summed E-state index contributed by atoms with van der Waals surface area (Å²) in [6, 6.07) is 12.9. The van der Waals surface area contributed by atoms with Crippen molar-refractivity contribution in [3.05, 3.63) is 59.7 Å². The van der Waals surface area contributed by atoms with Gasteiger partial charge in [0.05, 0.1) is 18.4 Å². The monoisotopic (exact) mass is 335 g/mol. The van der Waals surface area contributed by atoms with E-state index >= 15 is 0 Å².